The van der Waals surface area contributed by atoms with E-state index in [4.69, 9.17) is 0 Å². The lowest BCUT2D eigenvalue weighted by atomic mass is 9.95. The van der Waals surface area contributed by atoms with Gasteiger partial charge in [-0.2, -0.15) is 0 Å². The van der Waals surface area contributed by atoms with Gasteiger partial charge in [0.2, 0.25) is 5.91 Å². The molecule has 0 spiro atoms. The van der Waals surface area contributed by atoms with Crippen LogP contribution >= 0.6 is 11.3 Å². The maximum atomic E-state index is 12.9. The Morgan fingerprint density at radius 2 is 1.89 bits per heavy atom. The highest BCUT2D eigenvalue weighted by molar-refractivity contribution is 7.90. The van der Waals surface area contributed by atoms with Crippen LogP contribution in [-0.4, -0.2) is 49.5 Å². The zero-order chi connectivity index (χ0) is 20.5. The fraction of sp³-hybridized carbons (Fsp3) is 0.421. The number of nitrogens with zero attached hydrogens (tertiary/aromatic N) is 2. The molecule has 0 radical (unpaired) electrons. The number of piperidine rings is 1. The molecule has 0 bridgehead atoms. The molecular formula is C19H23N3O4S2. The second-order valence-corrected chi connectivity index (χ2v) is 9.97. The van der Waals surface area contributed by atoms with E-state index in [0.717, 1.165) is 17.5 Å². The van der Waals surface area contributed by atoms with Gasteiger partial charge in [0.05, 0.1) is 10.6 Å². The molecule has 150 valence electrons. The highest BCUT2D eigenvalue weighted by Gasteiger charge is 2.29. The van der Waals surface area contributed by atoms with Crippen LogP contribution in [0.15, 0.2) is 28.5 Å². The molecule has 28 heavy (non-hydrogen) atoms. The highest BCUT2D eigenvalue weighted by Crippen LogP contribution is 2.24. The van der Waals surface area contributed by atoms with Gasteiger partial charge < -0.3 is 10.2 Å². The Morgan fingerprint density at radius 3 is 2.46 bits per heavy atom. The zero-order valence-corrected chi connectivity index (χ0v) is 17.7. The molecule has 1 aromatic heterocycles. The predicted octanol–water partition coefficient (Wildman–Crippen LogP) is 2.65. The molecule has 0 saturated carbocycles. The van der Waals surface area contributed by atoms with Crippen molar-refractivity contribution in [3.05, 3.63) is 40.4 Å². The van der Waals surface area contributed by atoms with Crippen LogP contribution in [0.2, 0.25) is 0 Å². The number of likely N-dealkylation sites (tertiary alicyclic amines) is 1. The van der Waals surface area contributed by atoms with Gasteiger partial charge in [-0.3, -0.25) is 9.59 Å². The van der Waals surface area contributed by atoms with Gasteiger partial charge in [0.1, 0.15) is 0 Å². The van der Waals surface area contributed by atoms with Crippen molar-refractivity contribution < 1.29 is 18.0 Å². The Morgan fingerprint density at radius 1 is 1.21 bits per heavy atom. The number of carbonyl (C=O) groups excluding carboxylic acids is 2. The fourth-order valence-corrected chi connectivity index (χ4v) is 4.53. The summed E-state index contributed by atoms with van der Waals surface area (Å²) in [5.74, 6) is -0.439. The molecule has 1 saturated heterocycles. The van der Waals surface area contributed by atoms with E-state index >= 15 is 0 Å². The van der Waals surface area contributed by atoms with Crippen LogP contribution in [0.4, 0.5) is 5.13 Å². The maximum absolute atomic E-state index is 12.9. The number of benzene rings is 1. The SMILES string of the molecule is Cc1csc(NC(=O)C2CCN(C(=O)c3cc(S(C)(=O)=O)ccc3C)CC2)n1. The highest BCUT2D eigenvalue weighted by atomic mass is 32.2. The first-order chi connectivity index (χ1) is 13.1. The number of amides is 2. The summed E-state index contributed by atoms with van der Waals surface area (Å²) in [4.78, 5) is 31.4. The summed E-state index contributed by atoms with van der Waals surface area (Å²) in [6, 6.07) is 4.61. The average Bonchev–Trinajstić information content (AvgIpc) is 3.05. The molecule has 3 rings (SSSR count). The van der Waals surface area contributed by atoms with Gasteiger partial charge in [-0.25, -0.2) is 13.4 Å². The van der Waals surface area contributed by atoms with Crippen molar-refractivity contribution in [3.63, 3.8) is 0 Å². The number of nitrogens with one attached hydrogen (secondary N) is 1. The quantitative estimate of drug-likeness (QED) is 0.819. The van der Waals surface area contributed by atoms with E-state index in [1.807, 2.05) is 12.3 Å². The van der Waals surface area contributed by atoms with E-state index in [2.05, 4.69) is 10.3 Å². The molecule has 2 aromatic rings. The van der Waals surface area contributed by atoms with Crippen LogP contribution in [0.5, 0.6) is 0 Å². The van der Waals surface area contributed by atoms with E-state index in [0.29, 0.717) is 36.6 Å². The Kier molecular flexibility index (Phi) is 5.85. The van der Waals surface area contributed by atoms with E-state index in [9.17, 15) is 18.0 Å². The molecule has 9 heteroatoms. The van der Waals surface area contributed by atoms with E-state index < -0.39 is 9.84 Å². The molecule has 1 aliphatic rings. The zero-order valence-electron chi connectivity index (χ0n) is 16.1. The minimum Gasteiger partial charge on any atom is -0.339 e. The molecule has 0 aliphatic carbocycles. The Balaban J connectivity index is 1.65. The van der Waals surface area contributed by atoms with Crippen molar-refractivity contribution in [2.24, 2.45) is 5.92 Å². The number of aromatic nitrogens is 1. The first-order valence-corrected chi connectivity index (χ1v) is 11.8. The Labute approximate surface area is 168 Å². The maximum Gasteiger partial charge on any atom is 0.254 e. The summed E-state index contributed by atoms with van der Waals surface area (Å²) in [5, 5.41) is 5.31. The number of aryl methyl sites for hydroxylation is 2. The predicted molar refractivity (Wildman–Crippen MR) is 108 cm³/mol. The molecule has 0 atom stereocenters. The van der Waals surface area contributed by atoms with Crippen molar-refractivity contribution in [3.8, 4) is 0 Å². The lowest BCUT2D eigenvalue weighted by Crippen LogP contribution is -2.41. The van der Waals surface area contributed by atoms with Crippen LogP contribution in [0.25, 0.3) is 0 Å². The van der Waals surface area contributed by atoms with Gasteiger partial charge in [0.25, 0.3) is 5.91 Å². The molecule has 1 aliphatic heterocycles. The first-order valence-electron chi connectivity index (χ1n) is 8.98. The van der Waals surface area contributed by atoms with Crippen molar-refractivity contribution in [1.82, 2.24) is 9.88 Å². The molecule has 0 unspecified atom stereocenters. The molecular weight excluding hydrogens is 398 g/mol. The summed E-state index contributed by atoms with van der Waals surface area (Å²) < 4.78 is 23.6. The number of thiazole rings is 1. The molecule has 2 amide bonds. The van der Waals surface area contributed by atoms with Crippen LogP contribution in [-0.2, 0) is 14.6 Å². The lowest BCUT2D eigenvalue weighted by molar-refractivity contribution is -0.121. The van der Waals surface area contributed by atoms with E-state index in [1.54, 1.807) is 17.9 Å². The minimum atomic E-state index is -3.38. The summed E-state index contributed by atoms with van der Waals surface area (Å²) in [6.07, 6.45) is 2.25. The summed E-state index contributed by atoms with van der Waals surface area (Å²) in [5.41, 5.74) is 1.99. The number of hydrogen-bond acceptors (Lipinski definition) is 6. The van der Waals surface area contributed by atoms with Crippen LogP contribution < -0.4 is 5.32 Å². The van der Waals surface area contributed by atoms with Gasteiger partial charge in [0.15, 0.2) is 15.0 Å². The van der Waals surface area contributed by atoms with Gasteiger partial charge in [-0.15, -0.1) is 11.3 Å². The van der Waals surface area contributed by atoms with Crippen molar-refractivity contribution in [2.45, 2.75) is 31.6 Å². The topological polar surface area (TPSA) is 96.4 Å². The fourth-order valence-electron chi connectivity index (χ4n) is 3.20. The summed E-state index contributed by atoms with van der Waals surface area (Å²) in [7, 11) is -3.38. The normalized spacial score (nSPS) is 15.5. The van der Waals surface area contributed by atoms with Gasteiger partial charge in [0, 0.05) is 36.2 Å². The van der Waals surface area contributed by atoms with Crippen molar-refractivity contribution >= 4 is 38.1 Å². The van der Waals surface area contributed by atoms with Crippen molar-refractivity contribution in [2.75, 3.05) is 24.7 Å². The Hall–Kier alpha value is -2.26. The largest absolute Gasteiger partial charge is 0.339 e. The standard InChI is InChI=1S/C19H23N3O4S2/c1-12-4-5-15(28(3,25)26)10-16(12)18(24)22-8-6-14(7-9-22)17(23)21-19-20-13(2)11-27-19/h4-5,10-11,14H,6-9H2,1-3H3,(H,20,21,23). The number of anilines is 1. The first kappa shape index (κ1) is 20.5. The smallest absolute Gasteiger partial charge is 0.254 e. The number of carbonyl (C=O) groups is 2. The van der Waals surface area contributed by atoms with Gasteiger partial charge in [-0.1, -0.05) is 6.07 Å². The number of sulfone groups is 1. The second kappa shape index (κ2) is 8.00. The number of rotatable bonds is 4. The Bertz CT molecular complexity index is 1010. The molecule has 2 heterocycles. The monoisotopic (exact) mass is 421 g/mol. The second-order valence-electron chi connectivity index (χ2n) is 7.10. The third-order valence-corrected chi connectivity index (χ3v) is 6.86. The van der Waals surface area contributed by atoms with Crippen LogP contribution in [0, 0.1) is 19.8 Å². The summed E-state index contributed by atoms with van der Waals surface area (Å²) >= 11 is 1.39. The minimum absolute atomic E-state index is 0.0725. The third kappa shape index (κ3) is 4.59. The molecule has 1 fully saturated rings. The van der Waals surface area contributed by atoms with Crippen LogP contribution in [0.1, 0.15) is 34.5 Å². The number of hydrogen-bond donors (Lipinski definition) is 1. The molecule has 1 N–H and O–H groups in total. The van der Waals surface area contributed by atoms with Gasteiger partial charge >= 0.3 is 0 Å². The summed E-state index contributed by atoms with van der Waals surface area (Å²) in [6.45, 7) is 4.57. The molecule has 7 nitrogen and oxygen atoms in total. The lowest BCUT2D eigenvalue weighted by Gasteiger charge is -2.31. The van der Waals surface area contributed by atoms with E-state index in [1.165, 1.54) is 23.5 Å². The molecule has 1 aromatic carbocycles. The van der Waals surface area contributed by atoms with Crippen molar-refractivity contribution in [1.29, 1.82) is 0 Å². The third-order valence-electron chi connectivity index (χ3n) is 4.87. The average molecular weight is 422 g/mol. The van der Waals surface area contributed by atoms with E-state index in [-0.39, 0.29) is 22.6 Å². The van der Waals surface area contributed by atoms with Gasteiger partial charge in [-0.05, 0) is 44.4 Å². The van der Waals surface area contributed by atoms with Crippen LogP contribution in [0.3, 0.4) is 0 Å².